The van der Waals surface area contributed by atoms with Crippen LogP contribution in [0.4, 0.5) is 5.95 Å². The number of nitrogens with two attached hydrogens (primary N) is 1. The Kier molecular flexibility index (Phi) is 3.33. The van der Waals surface area contributed by atoms with Crippen LogP contribution in [0.25, 0.3) is 0 Å². The monoisotopic (exact) mass is 234 g/mol. The molecular formula is C13H22N4. The van der Waals surface area contributed by atoms with Crippen LogP contribution in [0.1, 0.15) is 39.3 Å². The third kappa shape index (κ3) is 2.94. The Morgan fingerprint density at radius 3 is 2.82 bits per heavy atom. The second-order valence-corrected chi connectivity index (χ2v) is 5.84. The number of nitrogens with zero attached hydrogens (tertiary/aromatic N) is 3. The third-order valence-electron chi connectivity index (χ3n) is 3.15. The van der Waals surface area contributed by atoms with E-state index in [1.807, 2.05) is 12.3 Å². The second kappa shape index (κ2) is 4.61. The molecule has 1 aromatic heterocycles. The number of rotatable bonds is 1. The first-order valence-corrected chi connectivity index (χ1v) is 6.31. The van der Waals surface area contributed by atoms with E-state index in [0.29, 0.717) is 0 Å². The van der Waals surface area contributed by atoms with E-state index >= 15 is 0 Å². The zero-order chi connectivity index (χ0) is 12.5. The van der Waals surface area contributed by atoms with Gasteiger partial charge in [0, 0.05) is 30.7 Å². The summed E-state index contributed by atoms with van der Waals surface area (Å²) in [5.74, 6) is 0.826. The Morgan fingerprint density at radius 1 is 1.41 bits per heavy atom. The zero-order valence-electron chi connectivity index (χ0n) is 11.0. The molecule has 0 unspecified atom stereocenters. The van der Waals surface area contributed by atoms with Crippen LogP contribution in [0.5, 0.6) is 0 Å². The van der Waals surface area contributed by atoms with E-state index in [1.54, 1.807) is 0 Å². The van der Waals surface area contributed by atoms with Crippen molar-refractivity contribution in [2.45, 2.75) is 45.1 Å². The van der Waals surface area contributed by atoms with Gasteiger partial charge >= 0.3 is 0 Å². The maximum atomic E-state index is 5.99. The van der Waals surface area contributed by atoms with Gasteiger partial charge in [0.2, 0.25) is 5.95 Å². The lowest BCUT2D eigenvalue weighted by Crippen LogP contribution is -2.43. The molecular weight excluding hydrogens is 212 g/mol. The normalized spacial score (nSPS) is 21.6. The summed E-state index contributed by atoms with van der Waals surface area (Å²) in [7, 11) is 0. The molecule has 1 aliphatic heterocycles. The van der Waals surface area contributed by atoms with Gasteiger partial charge in [0.1, 0.15) is 0 Å². The van der Waals surface area contributed by atoms with E-state index in [4.69, 9.17) is 5.73 Å². The summed E-state index contributed by atoms with van der Waals surface area (Å²) >= 11 is 0. The Balaban J connectivity index is 2.21. The molecule has 4 heteroatoms. The van der Waals surface area contributed by atoms with Gasteiger partial charge in [-0.05, 0) is 18.9 Å². The quantitative estimate of drug-likeness (QED) is 0.803. The topological polar surface area (TPSA) is 55.0 Å². The molecule has 17 heavy (non-hydrogen) atoms. The number of hydrogen-bond donors (Lipinski definition) is 1. The van der Waals surface area contributed by atoms with Gasteiger partial charge in [-0.3, -0.25) is 0 Å². The third-order valence-corrected chi connectivity index (χ3v) is 3.15. The molecule has 0 spiro atoms. The summed E-state index contributed by atoms with van der Waals surface area (Å²) in [6.07, 6.45) is 4.09. The Hall–Kier alpha value is -1.16. The van der Waals surface area contributed by atoms with E-state index < -0.39 is 0 Å². The van der Waals surface area contributed by atoms with Crippen LogP contribution >= 0.6 is 0 Å². The Bertz CT molecular complexity index is 383. The van der Waals surface area contributed by atoms with Crippen molar-refractivity contribution in [2.24, 2.45) is 5.73 Å². The van der Waals surface area contributed by atoms with E-state index in [0.717, 1.165) is 37.6 Å². The molecule has 4 nitrogen and oxygen atoms in total. The number of piperidine rings is 1. The van der Waals surface area contributed by atoms with Gasteiger partial charge in [-0.1, -0.05) is 20.8 Å². The first kappa shape index (κ1) is 12.3. The zero-order valence-corrected chi connectivity index (χ0v) is 11.0. The van der Waals surface area contributed by atoms with Gasteiger partial charge in [-0.15, -0.1) is 0 Å². The minimum absolute atomic E-state index is 0.0651. The molecule has 1 aromatic rings. The molecule has 0 aromatic carbocycles. The summed E-state index contributed by atoms with van der Waals surface area (Å²) in [5.41, 5.74) is 7.14. The van der Waals surface area contributed by atoms with E-state index in [1.165, 1.54) is 0 Å². The molecule has 2 heterocycles. The maximum Gasteiger partial charge on any atom is 0.225 e. The molecule has 1 fully saturated rings. The number of hydrogen-bond acceptors (Lipinski definition) is 4. The van der Waals surface area contributed by atoms with Crippen molar-refractivity contribution >= 4 is 5.95 Å². The molecule has 1 atom stereocenters. The van der Waals surface area contributed by atoms with E-state index in [9.17, 15) is 0 Å². The maximum absolute atomic E-state index is 5.99. The van der Waals surface area contributed by atoms with Gasteiger partial charge in [0.05, 0.1) is 5.69 Å². The molecule has 0 aliphatic carbocycles. The fraction of sp³-hybridized carbons (Fsp3) is 0.692. The van der Waals surface area contributed by atoms with Crippen LogP contribution in [-0.2, 0) is 5.41 Å². The van der Waals surface area contributed by atoms with Crippen molar-refractivity contribution < 1.29 is 0 Å². The summed E-state index contributed by atoms with van der Waals surface area (Å²) < 4.78 is 0. The predicted octanol–water partition coefficient (Wildman–Crippen LogP) is 1.70. The fourth-order valence-electron chi connectivity index (χ4n) is 2.11. The summed E-state index contributed by atoms with van der Waals surface area (Å²) in [6.45, 7) is 8.39. The van der Waals surface area contributed by atoms with Crippen molar-refractivity contribution in [2.75, 3.05) is 18.0 Å². The Morgan fingerprint density at radius 2 is 2.18 bits per heavy atom. The van der Waals surface area contributed by atoms with Gasteiger partial charge in [-0.25, -0.2) is 9.97 Å². The Labute approximate surface area is 103 Å². The molecule has 0 saturated carbocycles. The lowest BCUT2D eigenvalue weighted by Gasteiger charge is -2.31. The first-order valence-electron chi connectivity index (χ1n) is 6.31. The molecule has 0 bridgehead atoms. The van der Waals surface area contributed by atoms with Gasteiger partial charge in [0.25, 0.3) is 0 Å². The van der Waals surface area contributed by atoms with Crippen molar-refractivity contribution in [3.63, 3.8) is 0 Å². The van der Waals surface area contributed by atoms with E-state index in [-0.39, 0.29) is 11.5 Å². The largest absolute Gasteiger partial charge is 0.339 e. The second-order valence-electron chi connectivity index (χ2n) is 5.84. The van der Waals surface area contributed by atoms with Crippen LogP contribution in [-0.4, -0.2) is 29.1 Å². The number of aromatic nitrogens is 2. The van der Waals surface area contributed by atoms with Crippen LogP contribution in [0.3, 0.4) is 0 Å². The SMILES string of the molecule is CC(C)(C)c1ccnc(N2CCC[C@@H](N)C2)n1. The lowest BCUT2D eigenvalue weighted by atomic mass is 9.92. The highest BCUT2D eigenvalue weighted by molar-refractivity contribution is 5.32. The molecule has 94 valence electrons. The highest BCUT2D eigenvalue weighted by Gasteiger charge is 2.21. The van der Waals surface area contributed by atoms with Crippen molar-refractivity contribution in [1.29, 1.82) is 0 Å². The molecule has 1 aliphatic rings. The lowest BCUT2D eigenvalue weighted by molar-refractivity contribution is 0.496. The average molecular weight is 234 g/mol. The van der Waals surface area contributed by atoms with Crippen molar-refractivity contribution in [3.05, 3.63) is 18.0 Å². The highest BCUT2D eigenvalue weighted by atomic mass is 15.3. The standard InChI is InChI=1S/C13H22N4/c1-13(2,3)11-6-7-15-12(16-11)17-8-4-5-10(14)9-17/h6-7,10H,4-5,8-9,14H2,1-3H3/t10-/m1/s1. The van der Waals surface area contributed by atoms with Gasteiger partial charge in [-0.2, -0.15) is 0 Å². The molecule has 0 radical (unpaired) electrons. The minimum atomic E-state index is 0.0651. The van der Waals surface area contributed by atoms with Crippen molar-refractivity contribution in [3.8, 4) is 0 Å². The van der Waals surface area contributed by atoms with Crippen LogP contribution in [0, 0.1) is 0 Å². The van der Waals surface area contributed by atoms with Crippen molar-refractivity contribution in [1.82, 2.24) is 9.97 Å². The minimum Gasteiger partial charge on any atom is -0.339 e. The molecule has 0 amide bonds. The van der Waals surface area contributed by atoms with Crippen LogP contribution < -0.4 is 10.6 Å². The predicted molar refractivity (Wildman–Crippen MR) is 70.2 cm³/mol. The van der Waals surface area contributed by atoms with Gasteiger partial charge < -0.3 is 10.6 Å². The molecule has 2 rings (SSSR count). The first-order chi connectivity index (χ1) is 7.97. The smallest absolute Gasteiger partial charge is 0.225 e. The molecule has 2 N–H and O–H groups in total. The van der Waals surface area contributed by atoms with Crippen LogP contribution in [0.2, 0.25) is 0 Å². The summed E-state index contributed by atoms with van der Waals surface area (Å²) in [4.78, 5) is 11.2. The van der Waals surface area contributed by atoms with Crippen LogP contribution in [0.15, 0.2) is 12.3 Å². The van der Waals surface area contributed by atoms with Gasteiger partial charge in [0.15, 0.2) is 0 Å². The number of anilines is 1. The summed E-state index contributed by atoms with van der Waals surface area (Å²) in [6, 6.07) is 2.25. The average Bonchev–Trinajstić information content (AvgIpc) is 2.28. The summed E-state index contributed by atoms with van der Waals surface area (Å²) in [5, 5.41) is 0. The highest BCUT2D eigenvalue weighted by Crippen LogP contribution is 2.22. The van der Waals surface area contributed by atoms with E-state index in [2.05, 4.69) is 35.6 Å². The fourth-order valence-corrected chi connectivity index (χ4v) is 2.11. The molecule has 1 saturated heterocycles.